The molecular weight excluding hydrogens is 326 g/mol. The number of nitrogens with zero attached hydrogens (tertiary/aromatic N) is 3. The molecule has 1 unspecified atom stereocenters. The summed E-state index contributed by atoms with van der Waals surface area (Å²) in [6, 6.07) is 7.04. The summed E-state index contributed by atoms with van der Waals surface area (Å²) < 4.78 is 2.28. The highest BCUT2D eigenvalue weighted by atomic mass is 32.1. The Balaban J connectivity index is 1.78. The normalized spacial score (nSPS) is 16.4. The molecule has 0 saturated carbocycles. The van der Waals surface area contributed by atoms with E-state index >= 15 is 0 Å². The van der Waals surface area contributed by atoms with Gasteiger partial charge in [-0.15, -0.1) is 11.3 Å². The second-order valence-corrected chi connectivity index (χ2v) is 8.62. The Morgan fingerprint density at radius 3 is 2.64 bits per heavy atom. The number of imidazole rings is 1. The SMILES string of the molecule is Cc1cc(C)c2ncn(C(c3ccc(C4CC=CC4)s3)C(C)C)c2n1. The number of pyridine rings is 1. The summed E-state index contributed by atoms with van der Waals surface area (Å²) in [6.07, 6.45) is 8.96. The first-order chi connectivity index (χ1) is 12.0. The maximum Gasteiger partial charge on any atom is 0.160 e. The molecule has 4 heteroatoms. The predicted octanol–water partition coefficient (Wildman–Crippen LogP) is 5.79. The Bertz CT molecular complexity index is 924. The highest BCUT2D eigenvalue weighted by Gasteiger charge is 2.24. The molecule has 0 aliphatic heterocycles. The number of thiophene rings is 1. The fourth-order valence-corrected chi connectivity index (χ4v) is 5.32. The first kappa shape index (κ1) is 16.5. The van der Waals surface area contributed by atoms with Crippen LogP contribution in [0, 0.1) is 19.8 Å². The first-order valence-corrected chi connectivity index (χ1v) is 9.91. The quantitative estimate of drug-likeness (QED) is 0.557. The van der Waals surface area contributed by atoms with Gasteiger partial charge in [0.2, 0.25) is 0 Å². The van der Waals surface area contributed by atoms with Crippen molar-refractivity contribution < 1.29 is 0 Å². The van der Waals surface area contributed by atoms with Gasteiger partial charge in [0.15, 0.2) is 5.65 Å². The van der Waals surface area contributed by atoms with E-state index in [2.05, 4.69) is 67.6 Å². The number of allylic oxidation sites excluding steroid dienone is 2. The molecule has 3 heterocycles. The standard InChI is InChI=1S/C21H25N3S/c1-13(2)20(18-10-9-17(25-18)16-7-5-6-8-16)24-12-22-19-14(3)11-15(4)23-21(19)24/h5-6,9-13,16,20H,7-8H2,1-4H3. The van der Waals surface area contributed by atoms with E-state index in [4.69, 9.17) is 4.98 Å². The van der Waals surface area contributed by atoms with Crippen molar-refractivity contribution in [1.82, 2.24) is 14.5 Å². The predicted molar refractivity (Wildman–Crippen MR) is 105 cm³/mol. The van der Waals surface area contributed by atoms with Gasteiger partial charge >= 0.3 is 0 Å². The highest BCUT2D eigenvalue weighted by Crippen LogP contribution is 2.39. The summed E-state index contributed by atoms with van der Waals surface area (Å²) in [5.41, 5.74) is 4.28. The molecule has 0 bridgehead atoms. The molecule has 0 N–H and O–H groups in total. The van der Waals surface area contributed by atoms with Crippen molar-refractivity contribution in [2.45, 2.75) is 52.5 Å². The van der Waals surface area contributed by atoms with Gasteiger partial charge in [0.25, 0.3) is 0 Å². The third-order valence-corrected chi connectivity index (χ3v) is 6.45. The minimum atomic E-state index is 0.284. The van der Waals surface area contributed by atoms with Gasteiger partial charge in [0.1, 0.15) is 5.52 Å². The lowest BCUT2D eigenvalue weighted by molar-refractivity contribution is 0.450. The van der Waals surface area contributed by atoms with Crippen molar-refractivity contribution in [2.24, 2.45) is 5.92 Å². The molecule has 0 saturated heterocycles. The molecule has 1 aliphatic carbocycles. The zero-order chi connectivity index (χ0) is 17.6. The second kappa shape index (κ2) is 6.41. The molecule has 3 aromatic heterocycles. The smallest absolute Gasteiger partial charge is 0.160 e. The number of aryl methyl sites for hydroxylation is 2. The zero-order valence-corrected chi connectivity index (χ0v) is 16.2. The molecule has 3 nitrogen and oxygen atoms in total. The third-order valence-electron chi connectivity index (χ3n) is 5.13. The monoisotopic (exact) mass is 351 g/mol. The molecule has 4 rings (SSSR count). The molecule has 0 fully saturated rings. The highest BCUT2D eigenvalue weighted by molar-refractivity contribution is 7.12. The van der Waals surface area contributed by atoms with Crippen LogP contribution in [0.15, 0.2) is 36.7 Å². The van der Waals surface area contributed by atoms with Gasteiger partial charge in [0.05, 0.1) is 12.4 Å². The number of aromatic nitrogens is 3. The topological polar surface area (TPSA) is 30.7 Å². The molecule has 130 valence electrons. The molecule has 0 amide bonds. The van der Waals surface area contributed by atoms with E-state index < -0.39 is 0 Å². The zero-order valence-electron chi connectivity index (χ0n) is 15.4. The molecule has 0 aromatic carbocycles. The van der Waals surface area contributed by atoms with Crippen LogP contribution in [0.2, 0.25) is 0 Å². The maximum absolute atomic E-state index is 4.80. The number of hydrogen-bond acceptors (Lipinski definition) is 3. The van der Waals surface area contributed by atoms with Crippen molar-refractivity contribution in [2.75, 3.05) is 0 Å². The largest absolute Gasteiger partial charge is 0.307 e. The average molecular weight is 352 g/mol. The van der Waals surface area contributed by atoms with Crippen LogP contribution in [0.1, 0.15) is 59.7 Å². The Morgan fingerprint density at radius 2 is 1.92 bits per heavy atom. The van der Waals surface area contributed by atoms with Gasteiger partial charge < -0.3 is 4.57 Å². The van der Waals surface area contributed by atoms with Gasteiger partial charge in [-0.3, -0.25) is 0 Å². The Hall–Kier alpha value is -1.94. The molecule has 0 radical (unpaired) electrons. The van der Waals surface area contributed by atoms with Gasteiger partial charge in [0, 0.05) is 21.4 Å². The number of fused-ring (bicyclic) bond motifs is 1. The van der Waals surface area contributed by atoms with Crippen molar-refractivity contribution in [3.8, 4) is 0 Å². The van der Waals surface area contributed by atoms with E-state index in [-0.39, 0.29) is 6.04 Å². The number of hydrogen-bond donors (Lipinski definition) is 0. The van der Waals surface area contributed by atoms with Crippen LogP contribution < -0.4 is 0 Å². The number of rotatable bonds is 4. The lowest BCUT2D eigenvalue weighted by Crippen LogP contribution is -2.15. The van der Waals surface area contributed by atoms with Gasteiger partial charge in [-0.2, -0.15) is 0 Å². The van der Waals surface area contributed by atoms with Crippen LogP contribution in [-0.2, 0) is 0 Å². The van der Waals surface area contributed by atoms with Crippen LogP contribution in [0.3, 0.4) is 0 Å². The van der Waals surface area contributed by atoms with Crippen LogP contribution in [0.25, 0.3) is 11.2 Å². The Kier molecular flexibility index (Phi) is 4.24. The summed E-state index contributed by atoms with van der Waals surface area (Å²) in [5, 5.41) is 0. The summed E-state index contributed by atoms with van der Waals surface area (Å²) in [6.45, 7) is 8.75. The molecule has 25 heavy (non-hydrogen) atoms. The van der Waals surface area contributed by atoms with E-state index in [0.717, 1.165) is 16.9 Å². The van der Waals surface area contributed by atoms with Crippen LogP contribution in [0.5, 0.6) is 0 Å². The van der Waals surface area contributed by atoms with E-state index in [1.165, 1.54) is 28.2 Å². The fourth-order valence-electron chi connectivity index (χ4n) is 3.91. The van der Waals surface area contributed by atoms with Gasteiger partial charge in [-0.05, 0) is 56.4 Å². The minimum Gasteiger partial charge on any atom is -0.307 e. The molecule has 1 atom stereocenters. The summed E-state index contributed by atoms with van der Waals surface area (Å²) in [4.78, 5) is 12.4. The summed E-state index contributed by atoms with van der Waals surface area (Å²) in [7, 11) is 0. The van der Waals surface area contributed by atoms with Gasteiger partial charge in [-0.1, -0.05) is 26.0 Å². The maximum atomic E-state index is 4.80. The fraction of sp³-hybridized carbons (Fsp3) is 0.429. The Morgan fingerprint density at radius 1 is 1.16 bits per heavy atom. The average Bonchev–Trinajstić information content (AvgIpc) is 3.27. The van der Waals surface area contributed by atoms with Crippen LogP contribution in [-0.4, -0.2) is 14.5 Å². The molecule has 0 spiro atoms. The van der Waals surface area contributed by atoms with Crippen molar-refractivity contribution in [3.05, 3.63) is 57.7 Å². The van der Waals surface area contributed by atoms with Crippen molar-refractivity contribution in [1.29, 1.82) is 0 Å². The summed E-state index contributed by atoms with van der Waals surface area (Å²) in [5.74, 6) is 1.15. The summed E-state index contributed by atoms with van der Waals surface area (Å²) >= 11 is 1.97. The Labute approximate surface area is 153 Å². The lowest BCUT2D eigenvalue weighted by Gasteiger charge is -2.22. The lowest BCUT2D eigenvalue weighted by atomic mass is 10.0. The second-order valence-electron chi connectivity index (χ2n) is 7.47. The van der Waals surface area contributed by atoms with Crippen molar-refractivity contribution >= 4 is 22.5 Å². The van der Waals surface area contributed by atoms with E-state index in [1.54, 1.807) is 0 Å². The molecular formula is C21H25N3S. The van der Waals surface area contributed by atoms with Gasteiger partial charge in [-0.25, -0.2) is 9.97 Å². The van der Waals surface area contributed by atoms with Crippen molar-refractivity contribution in [3.63, 3.8) is 0 Å². The van der Waals surface area contributed by atoms with Crippen LogP contribution >= 0.6 is 11.3 Å². The van der Waals surface area contributed by atoms with E-state index in [9.17, 15) is 0 Å². The third kappa shape index (κ3) is 2.93. The minimum absolute atomic E-state index is 0.284. The first-order valence-electron chi connectivity index (χ1n) is 9.10. The molecule has 3 aromatic rings. The van der Waals surface area contributed by atoms with E-state index in [1.807, 2.05) is 17.7 Å². The van der Waals surface area contributed by atoms with Crippen LogP contribution in [0.4, 0.5) is 0 Å². The van der Waals surface area contributed by atoms with E-state index in [0.29, 0.717) is 11.8 Å². The molecule has 1 aliphatic rings.